The first kappa shape index (κ1) is 24.7. The third kappa shape index (κ3) is 5.92. The minimum Gasteiger partial charge on any atom is -0.482 e. The standard InChI is InChI=1S/C21H26F4N4O4/c1-20(2)17(30)26-19(32)29(18(20)31)7-3-6-27-8-10-28(11-9-27)15-5-4-14(22)12-16(15)33-13-21(23,24)25/h4-5,12H,3,6-11,13H2,1-2H3,(H,26,30,32). The van der Waals surface area contributed by atoms with Crippen molar-refractivity contribution in [1.82, 2.24) is 15.1 Å². The van der Waals surface area contributed by atoms with Gasteiger partial charge in [0.15, 0.2) is 6.61 Å². The summed E-state index contributed by atoms with van der Waals surface area (Å²) in [5.74, 6) is -2.00. The predicted molar refractivity (Wildman–Crippen MR) is 110 cm³/mol. The molecule has 4 amide bonds. The van der Waals surface area contributed by atoms with Crippen LogP contribution >= 0.6 is 0 Å². The number of imide groups is 2. The molecule has 0 radical (unpaired) electrons. The van der Waals surface area contributed by atoms with Crippen LogP contribution in [0.5, 0.6) is 5.75 Å². The number of hydrogen-bond donors (Lipinski definition) is 1. The van der Waals surface area contributed by atoms with E-state index in [2.05, 4.69) is 10.2 Å². The molecule has 0 unspecified atom stereocenters. The molecule has 33 heavy (non-hydrogen) atoms. The molecule has 2 aliphatic rings. The number of nitrogens with zero attached hydrogens (tertiary/aromatic N) is 3. The number of amides is 4. The summed E-state index contributed by atoms with van der Waals surface area (Å²) in [6.07, 6.45) is -4.03. The van der Waals surface area contributed by atoms with Gasteiger partial charge in [-0.15, -0.1) is 0 Å². The first-order valence-corrected chi connectivity index (χ1v) is 10.5. The lowest BCUT2D eigenvalue weighted by atomic mass is 9.89. The summed E-state index contributed by atoms with van der Waals surface area (Å²) in [4.78, 5) is 41.2. The molecule has 1 aromatic carbocycles. The molecule has 0 spiro atoms. The lowest BCUT2D eigenvalue weighted by Gasteiger charge is -2.37. The number of urea groups is 1. The van der Waals surface area contributed by atoms with E-state index in [1.54, 1.807) is 0 Å². The minimum absolute atomic E-state index is 0.160. The fourth-order valence-corrected chi connectivity index (χ4v) is 3.74. The highest BCUT2D eigenvalue weighted by molar-refractivity contribution is 6.18. The Morgan fingerprint density at radius 2 is 1.73 bits per heavy atom. The van der Waals surface area contributed by atoms with Crippen molar-refractivity contribution in [2.24, 2.45) is 5.41 Å². The van der Waals surface area contributed by atoms with E-state index in [1.807, 2.05) is 4.90 Å². The highest BCUT2D eigenvalue weighted by atomic mass is 19.4. The van der Waals surface area contributed by atoms with Crippen LogP contribution in [0.4, 0.5) is 28.0 Å². The van der Waals surface area contributed by atoms with Crippen LogP contribution in [-0.4, -0.2) is 79.7 Å². The number of hydrogen-bond acceptors (Lipinski definition) is 6. The maximum absolute atomic E-state index is 13.6. The third-order valence-corrected chi connectivity index (χ3v) is 5.70. The van der Waals surface area contributed by atoms with Crippen molar-refractivity contribution in [1.29, 1.82) is 0 Å². The Kier molecular flexibility index (Phi) is 7.15. The number of rotatable bonds is 7. The average Bonchev–Trinajstić information content (AvgIpc) is 2.74. The normalized spacial score (nSPS) is 19.6. The first-order chi connectivity index (χ1) is 15.4. The molecule has 2 fully saturated rings. The number of halogens is 4. The van der Waals surface area contributed by atoms with Crippen LogP contribution in [0.2, 0.25) is 0 Å². The van der Waals surface area contributed by atoms with Gasteiger partial charge in [0, 0.05) is 38.8 Å². The molecule has 1 N–H and O–H groups in total. The molecule has 1 aromatic rings. The fraction of sp³-hybridized carbons (Fsp3) is 0.571. The summed E-state index contributed by atoms with van der Waals surface area (Å²) in [5, 5.41) is 2.19. The molecule has 0 aliphatic carbocycles. The van der Waals surface area contributed by atoms with E-state index >= 15 is 0 Å². The highest BCUT2D eigenvalue weighted by Gasteiger charge is 2.46. The molecule has 2 saturated heterocycles. The van der Waals surface area contributed by atoms with Crippen LogP contribution in [-0.2, 0) is 9.59 Å². The van der Waals surface area contributed by atoms with Crippen molar-refractivity contribution in [2.75, 3.05) is 50.8 Å². The number of nitrogens with one attached hydrogen (secondary N) is 1. The second-order valence-corrected chi connectivity index (χ2v) is 8.54. The van der Waals surface area contributed by atoms with E-state index in [-0.39, 0.29) is 12.3 Å². The molecule has 2 aliphatic heterocycles. The van der Waals surface area contributed by atoms with Crippen LogP contribution in [0, 0.1) is 11.2 Å². The zero-order valence-corrected chi connectivity index (χ0v) is 18.4. The van der Waals surface area contributed by atoms with Crippen LogP contribution < -0.4 is 15.0 Å². The summed E-state index contributed by atoms with van der Waals surface area (Å²) in [6, 6.07) is 2.80. The Hall–Kier alpha value is -2.89. The monoisotopic (exact) mass is 474 g/mol. The molecule has 0 aromatic heterocycles. The van der Waals surface area contributed by atoms with Crippen LogP contribution in [0.1, 0.15) is 20.3 Å². The molecule has 12 heteroatoms. The number of benzene rings is 1. The SMILES string of the molecule is CC1(C)C(=O)NC(=O)N(CCCN2CCN(c3ccc(F)cc3OCC(F)(F)F)CC2)C1=O. The van der Waals surface area contributed by atoms with E-state index in [1.165, 1.54) is 26.0 Å². The van der Waals surface area contributed by atoms with Gasteiger partial charge in [-0.1, -0.05) is 0 Å². The van der Waals surface area contributed by atoms with Gasteiger partial charge in [0.25, 0.3) is 0 Å². The van der Waals surface area contributed by atoms with Gasteiger partial charge >= 0.3 is 12.2 Å². The summed E-state index contributed by atoms with van der Waals surface area (Å²) >= 11 is 0. The maximum Gasteiger partial charge on any atom is 0.422 e. The van der Waals surface area contributed by atoms with Crippen LogP contribution in [0.3, 0.4) is 0 Å². The molecule has 0 atom stereocenters. The number of barbiturate groups is 1. The van der Waals surface area contributed by atoms with E-state index in [9.17, 15) is 31.9 Å². The quantitative estimate of drug-likeness (QED) is 0.483. The van der Waals surface area contributed by atoms with Gasteiger partial charge in [0.05, 0.1) is 5.69 Å². The van der Waals surface area contributed by atoms with Gasteiger partial charge in [-0.25, -0.2) is 9.18 Å². The Morgan fingerprint density at radius 1 is 1.06 bits per heavy atom. The first-order valence-electron chi connectivity index (χ1n) is 10.5. The van der Waals surface area contributed by atoms with Gasteiger partial charge in [0.2, 0.25) is 11.8 Å². The number of carbonyl (C=O) groups is 3. The van der Waals surface area contributed by atoms with Gasteiger partial charge in [-0.05, 0) is 38.9 Å². The summed E-state index contributed by atoms with van der Waals surface area (Å²) in [6.45, 7) is 4.30. The highest BCUT2D eigenvalue weighted by Crippen LogP contribution is 2.31. The summed E-state index contributed by atoms with van der Waals surface area (Å²) in [5.41, 5.74) is -0.914. The number of piperazine rings is 1. The lowest BCUT2D eigenvalue weighted by molar-refractivity contribution is -0.153. The lowest BCUT2D eigenvalue weighted by Crippen LogP contribution is -2.62. The molecule has 0 bridgehead atoms. The molecule has 3 rings (SSSR count). The van der Waals surface area contributed by atoms with Crippen molar-refractivity contribution in [3.63, 3.8) is 0 Å². The Balaban J connectivity index is 1.51. The molecule has 0 saturated carbocycles. The van der Waals surface area contributed by atoms with Gasteiger partial charge < -0.3 is 9.64 Å². The smallest absolute Gasteiger partial charge is 0.422 e. The Morgan fingerprint density at radius 3 is 2.36 bits per heavy atom. The number of anilines is 1. The number of carbonyl (C=O) groups excluding carboxylic acids is 3. The van der Waals surface area contributed by atoms with Crippen molar-refractivity contribution in [3.8, 4) is 5.75 Å². The summed E-state index contributed by atoms with van der Waals surface area (Å²) in [7, 11) is 0. The Labute approximate surface area is 188 Å². The van der Waals surface area contributed by atoms with Gasteiger partial charge in [-0.2, -0.15) is 13.2 Å². The number of ether oxygens (including phenoxy) is 1. The molecule has 2 heterocycles. The van der Waals surface area contributed by atoms with E-state index in [4.69, 9.17) is 4.74 Å². The zero-order chi connectivity index (χ0) is 24.4. The van der Waals surface area contributed by atoms with E-state index in [0.29, 0.717) is 44.8 Å². The van der Waals surface area contributed by atoms with Gasteiger partial charge in [-0.3, -0.25) is 24.7 Å². The summed E-state index contributed by atoms with van der Waals surface area (Å²) < 4.78 is 55.9. The van der Waals surface area contributed by atoms with Crippen molar-refractivity contribution in [2.45, 2.75) is 26.4 Å². The predicted octanol–water partition coefficient (Wildman–Crippen LogP) is 2.38. The molecule has 182 valence electrons. The van der Waals surface area contributed by atoms with Crippen molar-refractivity contribution in [3.05, 3.63) is 24.0 Å². The van der Waals surface area contributed by atoms with Crippen LogP contribution in [0.25, 0.3) is 0 Å². The topological polar surface area (TPSA) is 82.2 Å². The molecular formula is C21H26F4N4O4. The van der Waals surface area contributed by atoms with E-state index < -0.39 is 41.9 Å². The average molecular weight is 474 g/mol. The minimum atomic E-state index is -4.53. The largest absolute Gasteiger partial charge is 0.482 e. The number of alkyl halides is 3. The van der Waals surface area contributed by atoms with Gasteiger partial charge in [0.1, 0.15) is 17.0 Å². The van der Waals surface area contributed by atoms with E-state index in [0.717, 1.165) is 11.0 Å². The van der Waals surface area contributed by atoms with Crippen molar-refractivity contribution >= 4 is 23.5 Å². The third-order valence-electron chi connectivity index (χ3n) is 5.70. The molecule has 8 nitrogen and oxygen atoms in total. The second-order valence-electron chi connectivity index (χ2n) is 8.54. The van der Waals surface area contributed by atoms with Crippen LogP contribution in [0.15, 0.2) is 18.2 Å². The Bertz CT molecular complexity index is 914. The second kappa shape index (κ2) is 9.54. The fourth-order valence-electron chi connectivity index (χ4n) is 3.74. The van der Waals surface area contributed by atoms with Crippen molar-refractivity contribution < 1.29 is 36.7 Å². The maximum atomic E-state index is 13.6. The molecular weight excluding hydrogens is 448 g/mol. The zero-order valence-electron chi connectivity index (χ0n) is 18.4.